The fraction of sp³-hybridized carbons (Fsp3) is 0.778. The van der Waals surface area contributed by atoms with Gasteiger partial charge in [0.05, 0.1) is 0 Å². The molecule has 1 unspecified atom stereocenters. The first kappa shape index (κ1) is 11.1. The van der Waals surface area contributed by atoms with Crippen molar-refractivity contribution in [3.63, 3.8) is 0 Å². The predicted molar refractivity (Wildman–Crippen MR) is 55.3 cm³/mol. The molecule has 1 N–H and O–H groups in total. The molecule has 0 aliphatic rings. The molecule has 0 aromatic carbocycles. The normalized spacial score (nSPS) is 12.9. The van der Waals surface area contributed by atoms with E-state index >= 15 is 0 Å². The molecule has 11 heavy (non-hydrogen) atoms. The van der Waals surface area contributed by atoms with Gasteiger partial charge in [0.2, 0.25) is 0 Å². The molecule has 0 spiro atoms. The number of hydrogen-bond acceptors (Lipinski definition) is 2. The van der Waals surface area contributed by atoms with Gasteiger partial charge in [0.25, 0.3) is 0 Å². The van der Waals surface area contributed by atoms with Gasteiger partial charge in [-0.15, -0.1) is 6.58 Å². The maximum atomic E-state index is 3.64. The Morgan fingerprint density at radius 3 is 2.91 bits per heavy atom. The summed E-state index contributed by atoms with van der Waals surface area (Å²) >= 11 is 2.03. The Morgan fingerprint density at radius 2 is 2.36 bits per heavy atom. The van der Waals surface area contributed by atoms with Crippen molar-refractivity contribution in [2.75, 3.05) is 18.8 Å². The number of hydrogen-bond donors (Lipinski definition) is 1. The van der Waals surface area contributed by atoms with Gasteiger partial charge in [0.15, 0.2) is 0 Å². The first-order chi connectivity index (χ1) is 5.31. The quantitative estimate of drug-likeness (QED) is 0.468. The summed E-state index contributed by atoms with van der Waals surface area (Å²) < 4.78 is 0. The van der Waals surface area contributed by atoms with Crippen molar-refractivity contribution in [3.8, 4) is 0 Å². The molecule has 0 amide bonds. The topological polar surface area (TPSA) is 12.0 Å². The highest BCUT2D eigenvalue weighted by atomic mass is 32.2. The highest BCUT2D eigenvalue weighted by Gasteiger charge is 1.96. The van der Waals surface area contributed by atoms with Crippen molar-refractivity contribution in [3.05, 3.63) is 12.7 Å². The van der Waals surface area contributed by atoms with Crippen molar-refractivity contribution < 1.29 is 0 Å². The zero-order valence-electron chi connectivity index (χ0n) is 7.60. The van der Waals surface area contributed by atoms with Gasteiger partial charge in [-0.05, 0) is 6.42 Å². The average molecular weight is 173 g/mol. The molecular formula is C9H19NS. The second kappa shape index (κ2) is 8.15. The Labute approximate surface area is 74.6 Å². The third kappa shape index (κ3) is 7.95. The monoisotopic (exact) mass is 173 g/mol. The number of nitrogens with one attached hydrogen (secondary N) is 1. The summed E-state index contributed by atoms with van der Waals surface area (Å²) in [6, 6.07) is 0. The maximum Gasteiger partial charge on any atom is 0.0132 e. The molecule has 0 aromatic heterocycles. The first-order valence-electron chi connectivity index (χ1n) is 4.24. The minimum Gasteiger partial charge on any atom is -0.312 e. The summed E-state index contributed by atoms with van der Waals surface area (Å²) in [6.45, 7) is 10.2. The summed E-state index contributed by atoms with van der Waals surface area (Å²) in [7, 11) is 0. The van der Waals surface area contributed by atoms with Crippen LogP contribution in [0.2, 0.25) is 0 Å². The summed E-state index contributed by atoms with van der Waals surface area (Å²) in [5.41, 5.74) is 0. The van der Waals surface area contributed by atoms with Gasteiger partial charge < -0.3 is 5.32 Å². The van der Waals surface area contributed by atoms with E-state index in [9.17, 15) is 0 Å². The summed E-state index contributed by atoms with van der Waals surface area (Å²) in [5.74, 6) is 1.21. The molecule has 2 heteroatoms. The molecule has 0 rings (SSSR count). The van der Waals surface area contributed by atoms with Crippen molar-refractivity contribution in [1.82, 2.24) is 5.32 Å². The molecule has 0 aromatic rings. The molecule has 0 heterocycles. The number of thioether (sulfide) groups is 1. The second-order valence-electron chi connectivity index (χ2n) is 2.58. The van der Waals surface area contributed by atoms with E-state index in [4.69, 9.17) is 0 Å². The molecule has 0 fully saturated rings. The summed E-state index contributed by atoms with van der Waals surface area (Å²) in [4.78, 5) is 0. The van der Waals surface area contributed by atoms with E-state index in [0.29, 0.717) is 0 Å². The van der Waals surface area contributed by atoms with Crippen LogP contribution in [-0.4, -0.2) is 24.1 Å². The van der Waals surface area contributed by atoms with Crippen LogP contribution >= 0.6 is 11.8 Å². The van der Waals surface area contributed by atoms with Crippen LogP contribution in [0.15, 0.2) is 12.7 Å². The van der Waals surface area contributed by atoms with Crippen LogP contribution in [0.1, 0.15) is 20.3 Å². The molecular weight excluding hydrogens is 154 g/mol. The summed E-state index contributed by atoms with van der Waals surface area (Å²) in [5, 5.41) is 4.08. The highest BCUT2D eigenvalue weighted by molar-refractivity contribution is 7.99. The van der Waals surface area contributed by atoms with Gasteiger partial charge in [0.1, 0.15) is 0 Å². The molecule has 66 valence electrons. The lowest BCUT2D eigenvalue weighted by Gasteiger charge is -2.07. The third-order valence-corrected chi connectivity index (χ3v) is 2.89. The standard InChI is InChI=1S/C9H19NS/c1-4-6-10-7-8-11-9(3)5-2/h4,9-10H,1,5-8H2,2-3H3. The van der Waals surface area contributed by atoms with Crippen molar-refractivity contribution in [2.24, 2.45) is 0 Å². The Balaban J connectivity index is 2.95. The van der Waals surface area contributed by atoms with Crippen LogP contribution in [0.5, 0.6) is 0 Å². The lowest BCUT2D eigenvalue weighted by molar-refractivity contribution is 0.803. The van der Waals surface area contributed by atoms with E-state index in [2.05, 4.69) is 25.7 Å². The Kier molecular flexibility index (Phi) is 8.19. The van der Waals surface area contributed by atoms with Crippen molar-refractivity contribution in [1.29, 1.82) is 0 Å². The van der Waals surface area contributed by atoms with Crippen LogP contribution in [0, 0.1) is 0 Å². The van der Waals surface area contributed by atoms with Crippen LogP contribution < -0.4 is 5.32 Å². The van der Waals surface area contributed by atoms with E-state index in [1.807, 2.05) is 17.8 Å². The van der Waals surface area contributed by atoms with Crippen molar-refractivity contribution in [2.45, 2.75) is 25.5 Å². The van der Waals surface area contributed by atoms with E-state index in [-0.39, 0.29) is 0 Å². The minimum atomic E-state index is 0.806. The van der Waals surface area contributed by atoms with Gasteiger partial charge in [-0.3, -0.25) is 0 Å². The van der Waals surface area contributed by atoms with Gasteiger partial charge >= 0.3 is 0 Å². The zero-order valence-corrected chi connectivity index (χ0v) is 8.41. The van der Waals surface area contributed by atoms with Crippen molar-refractivity contribution >= 4 is 11.8 Å². The predicted octanol–water partition coefficient (Wildman–Crippen LogP) is 2.29. The molecule has 0 aliphatic heterocycles. The Morgan fingerprint density at radius 1 is 1.64 bits per heavy atom. The first-order valence-corrected chi connectivity index (χ1v) is 5.29. The second-order valence-corrected chi connectivity index (χ2v) is 4.13. The smallest absolute Gasteiger partial charge is 0.0132 e. The zero-order chi connectivity index (χ0) is 8.53. The van der Waals surface area contributed by atoms with Crippen LogP contribution in [0.4, 0.5) is 0 Å². The van der Waals surface area contributed by atoms with E-state index in [0.717, 1.165) is 18.3 Å². The molecule has 0 saturated heterocycles. The van der Waals surface area contributed by atoms with E-state index < -0.39 is 0 Å². The summed E-state index contributed by atoms with van der Waals surface area (Å²) in [6.07, 6.45) is 3.17. The van der Waals surface area contributed by atoms with E-state index in [1.54, 1.807) is 0 Å². The highest BCUT2D eigenvalue weighted by Crippen LogP contribution is 2.11. The molecule has 1 nitrogen and oxygen atoms in total. The fourth-order valence-corrected chi connectivity index (χ4v) is 1.55. The van der Waals surface area contributed by atoms with Gasteiger partial charge in [0, 0.05) is 24.1 Å². The van der Waals surface area contributed by atoms with Crippen LogP contribution in [-0.2, 0) is 0 Å². The fourth-order valence-electron chi connectivity index (χ4n) is 0.654. The Hall–Kier alpha value is 0.0500. The molecule has 1 atom stereocenters. The number of rotatable bonds is 7. The SMILES string of the molecule is C=CCNCCSC(C)CC. The largest absolute Gasteiger partial charge is 0.312 e. The molecule has 0 aliphatic carbocycles. The Bertz CT molecular complexity index is 93.6. The lowest BCUT2D eigenvalue weighted by atomic mass is 10.4. The van der Waals surface area contributed by atoms with Gasteiger partial charge in [-0.25, -0.2) is 0 Å². The lowest BCUT2D eigenvalue weighted by Crippen LogP contribution is -2.17. The minimum absolute atomic E-state index is 0.806. The molecule has 0 radical (unpaired) electrons. The van der Waals surface area contributed by atoms with Gasteiger partial charge in [-0.1, -0.05) is 19.9 Å². The third-order valence-electron chi connectivity index (χ3n) is 1.54. The van der Waals surface area contributed by atoms with Crippen LogP contribution in [0.3, 0.4) is 0 Å². The average Bonchev–Trinajstić information content (AvgIpc) is 2.04. The molecule has 0 saturated carbocycles. The van der Waals surface area contributed by atoms with Gasteiger partial charge in [-0.2, -0.15) is 11.8 Å². The molecule has 0 bridgehead atoms. The van der Waals surface area contributed by atoms with E-state index in [1.165, 1.54) is 12.2 Å². The maximum absolute atomic E-state index is 3.64. The van der Waals surface area contributed by atoms with Crippen LogP contribution in [0.25, 0.3) is 0 Å².